The number of hydrogen-bond donors (Lipinski definition) is 1. The van der Waals surface area contributed by atoms with Crippen molar-refractivity contribution in [1.29, 1.82) is 0 Å². The first kappa shape index (κ1) is 23.6. The van der Waals surface area contributed by atoms with Gasteiger partial charge in [0, 0.05) is 18.2 Å². The molecule has 33 heavy (non-hydrogen) atoms. The van der Waals surface area contributed by atoms with Gasteiger partial charge in [0.05, 0.1) is 11.8 Å². The van der Waals surface area contributed by atoms with Crippen molar-refractivity contribution < 1.29 is 32.0 Å². The van der Waals surface area contributed by atoms with E-state index >= 15 is 0 Å². The number of hydrogen-bond acceptors (Lipinski definition) is 4. The molecular formula is C24H29F3N2O4. The fraction of sp³-hybridized carbons (Fsp3) is 0.625. The van der Waals surface area contributed by atoms with Crippen LogP contribution < -0.4 is 5.32 Å². The average molecular weight is 467 g/mol. The summed E-state index contributed by atoms with van der Waals surface area (Å²) in [5, 5.41) is 1.91. The van der Waals surface area contributed by atoms with Gasteiger partial charge in [0.2, 0.25) is 5.54 Å². The third-order valence-corrected chi connectivity index (χ3v) is 7.52. The van der Waals surface area contributed by atoms with Gasteiger partial charge in [-0.2, -0.15) is 13.2 Å². The number of halogens is 3. The zero-order valence-electron chi connectivity index (χ0n) is 19.2. The van der Waals surface area contributed by atoms with E-state index < -0.39 is 46.3 Å². The van der Waals surface area contributed by atoms with Crippen LogP contribution in [0.5, 0.6) is 0 Å². The van der Waals surface area contributed by atoms with E-state index in [9.17, 15) is 27.6 Å². The zero-order valence-corrected chi connectivity index (χ0v) is 19.2. The molecule has 0 radical (unpaired) electrons. The quantitative estimate of drug-likeness (QED) is 0.705. The van der Waals surface area contributed by atoms with Crippen molar-refractivity contribution in [3.63, 3.8) is 0 Å². The number of rotatable bonds is 3. The van der Waals surface area contributed by atoms with E-state index in [2.05, 4.69) is 0 Å². The highest BCUT2D eigenvalue weighted by Gasteiger charge is 2.72. The maximum atomic E-state index is 14.8. The summed E-state index contributed by atoms with van der Waals surface area (Å²) in [6.45, 7) is 7.57. The molecule has 1 aromatic heterocycles. The van der Waals surface area contributed by atoms with Crippen LogP contribution in [0.4, 0.5) is 13.2 Å². The van der Waals surface area contributed by atoms with Crippen molar-refractivity contribution in [2.24, 2.45) is 17.3 Å². The fourth-order valence-electron chi connectivity index (χ4n) is 5.69. The summed E-state index contributed by atoms with van der Waals surface area (Å²) in [5.74, 6) is -3.45. The maximum absolute atomic E-state index is 14.8. The molecule has 0 saturated heterocycles. The number of amides is 2. The van der Waals surface area contributed by atoms with Crippen molar-refractivity contribution in [3.05, 3.63) is 35.4 Å². The third-order valence-electron chi connectivity index (χ3n) is 7.52. The van der Waals surface area contributed by atoms with Gasteiger partial charge in [0.25, 0.3) is 11.8 Å². The number of ketones is 1. The highest BCUT2D eigenvalue weighted by molar-refractivity contribution is 6.14. The monoisotopic (exact) mass is 466 g/mol. The van der Waals surface area contributed by atoms with E-state index in [0.717, 1.165) is 19.1 Å². The molecule has 1 N–H and O–H groups in total. The first-order valence-electron chi connectivity index (χ1n) is 11.3. The summed E-state index contributed by atoms with van der Waals surface area (Å²) in [6, 6.07) is 2.10. The van der Waals surface area contributed by atoms with Crippen molar-refractivity contribution in [3.8, 4) is 0 Å². The van der Waals surface area contributed by atoms with Gasteiger partial charge in [-0.1, -0.05) is 40.5 Å². The number of carbonyl (C=O) groups is 3. The standard InChI is InChI=1S/C24H29F3N2O4/c1-13-7-5-8-15(14(13)2)29-16-11-22(3,4)12-17(30)19(16)23(21(29)32,24(25,26)27)28-20(31)18-9-6-10-33-18/h6,9-10,13-15H,5,7-8,11-12H2,1-4H3,(H,28,31)/t13-,14+,15+,23-/m1/s1. The Bertz CT molecular complexity index is 1010. The predicted octanol–water partition coefficient (Wildman–Crippen LogP) is 4.62. The Morgan fingerprint density at radius 3 is 2.48 bits per heavy atom. The largest absolute Gasteiger partial charge is 0.459 e. The van der Waals surface area contributed by atoms with Gasteiger partial charge >= 0.3 is 6.18 Å². The lowest BCUT2D eigenvalue weighted by molar-refractivity contribution is -0.192. The number of carbonyl (C=O) groups excluding carboxylic acids is 3. The molecule has 1 fully saturated rings. The Balaban J connectivity index is 1.91. The van der Waals surface area contributed by atoms with E-state index in [4.69, 9.17) is 4.42 Å². The van der Waals surface area contributed by atoms with E-state index in [0.29, 0.717) is 6.42 Å². The van der Waals surface area contributed by atoms with Gasteiger partial charge in [0.1, 0.15) is 0 Å². The van der Waals surface area contributed by atoms with Gasteiger partial charge < -0.3 is 14.6 Å². The number of nitrogens with zero attached hydrogens (tertiary/aromatic N) is 1. The minimum Gasteiger partial charge on any atom is -0.459 e. The molecule has 1 saturated carbocycles. The normalized spacial score (nSPS) is 32.2. The molecule has 2 amide bonds. The molecule has 0 unspecified atom stereocenters. The highest BCUT2D eigenvalue weighted by Crippen LogP contribution is 2.53. The minimum atomic E-state index is -5.22. The van der Waals surface area contributed by atoms with Crippen LogP contribution in [0.1, 0.15) is 70.4 Å². The summed E-state index contributed by atoms with van der Waals surface area (Å²) in [7, 11) is 0. The molecule has 2 heterocycles. The average Bonchev–Trinajstić information content (AvgIpc) is 3.30. The van der Waals surface area contributed by atoms with Crippen molar-refractivity contribution in [1.82, 2.24) is 10.2 Å². The van der Waals surface area contributed by atoms with Gasteiger partial charge in [-0.3, -0.25) is 14.4 Å². The minimum absolute atomic E-state index is 0.0543. The molecule has 0 bridgehead atoms. The lowest BCUT2D eigenvalue weighted by Gasteiger charge is -2.43. The van der Waals surface area contributed by atoms with Crippen LogP contribution in [-0.2, 0) is 9.59 Å². The molecule has 4 atom stereocenters. The molecule has 1 aromatic rings. The molecular weight excluding hydrogens is 437 g/mol. The van der Waals surface area contributed by atoms with Crippen LogP contribution in [0, 0.1) is 17.3 Å². The number of alkyl halides is 3. The zero-order chi connectivity index (χ0) is 24.3. The smallest absolute Gasteiger partial charge is 0.425 e. The Hall–Kier alpha value is -2.58. The molecule has 4 rings (SSSR count). The van der Waals surface area contributed by atoms with Crippen LogP contribution in [-0.4, -0.2) is 40.3 Å². The molecule has 2 aliphatic carbocycles. The predicted molar refractivity (Wildman–Crippen MR) is 113 cm³/mol. The second kappa shape index (κ2) is 7.74. The SMILES string of the molecule is C[C@H]1[C@H](C)CCC[C@@H]1N1C(=O)[C@@](NC(=O)c2ccco2)(C(F)(F)F)C2=C1CC(C)(C)CC2=O. The molecule has 0 aromatic carbocycles. The summed E-state index contributed by atoms with van der Waals surface area (Å²) in [6.07, 6.45) is -1.82. The van der Waals surface area contributed by atoms with Crippen LogP contribution in [0.3, 0.4) is 0 Å². The Morgan fingerprint density at radius 1 is 1.18 bits per heavy atom. The second-order valence-corrected chi connectivity index (χ2v) is 10.5. The first-order valence-corrected chi connectivity index (χ1v) is 11.3. The summed E-state index contributed by atoms with van der Waals surface area (Å²) < 4.78 is 49.5. The molecule has 180 valence electrons. The highest BCUT2D eigenvalue weighted by atomic mass is 19.4. The molecule has 1 aliphatic heterocycles. The van der Waals surface area contributed by atoms with E-state index in [-0.39, 0.29) is 36.1 Å². The first-order chi connectivity index (χ1) is 15.3. The van der Waals surface area contributed by atoms with Crippen LogP contribution in [0.15, 0.2) is 34.1 Å². The van der Waals surface area contributed by atoms with Crippen molar-refractivity contribution in [2.75, 3.05) is 0 Å². The molecule has 0 spiro atoms. The Labute approximate surface area is 190 Å². The van der Waals surface area contributed by atoms with Gasteiger partial charge in [-0.05, 0) is 42.2 Å². The number of furan rings is 1. The molecule has 3 aliphatic rings. The molecule has 9 heteroatoms. The van der Waals surface area contributed by atoms with Gasteiger partial charge in [0.15, 0.2) is 11.5 Å². The lowest BCUT2D eigenvalue weighted by atomic mass is 9.72. The maximum Gasteiger partial charge on any atom is 0.425 e. The van der Waals surface area contributed by atoms with Gasteiger partial charge in [-0.15, -0.1) is 0 Å². The third kappa shape index (κ3) is 3.60. The summed E-state index contributed by atoms with van der Waals surface area (Å²) in [5.41, 5.74) is -4.57. The van der Waals surface area contributed by atoms with Crippen molar-refractivity contribution in [2.45, 2.75) is 77.6 Å². The van der Waals surface area contributed by atoms with Gasteiger partial charge in [-0.25, -0.2) is 0 Å². The molecule has 6 nitrogen and oxygen atoms in total. The van der Waals surface area contributed by atoms with E-state index in [1.54, 1.807) is 13.8 Å². The van der Waals surface area contributed by atoms with Crippen LogP contribution >= 0.6 is 0 Å². The lowest BCUT2D eigenvalue weighted by Crippen LogP contribution is -2.67. The van der Waals surface area contributed by atoms with Crippen LogP contribution in [0.2, 0.25) is 0 Å². The number of nitrogens with one attached hydrogen (secondary N) is 1. The number of allylic oxidation sites excluding steroid dienone is 1. The van der Waals surface area contributed by atoms with E-state index in [1.807, 2.05) is 19.2 Å². The van der Waals surface area contributed by atoms with Crippen molar-refractivity contribution >= 4 is 17.6 Å². The van der Waals surface area contributed by atoms with E-state index in [1.165, 1.54) is 17.0 Å². The Kier molecular flexibility index (Phi) is 5.53. The fourth-order valence-corrected chi connectivity index (χ4v) is 5.69. The topological polar surface area (TPSA) is 79.6 Å². The van der Waals surface area contributed by atoms with Crippen LogP contribution in [0.25, 0.3) is 0 Å². The summed E-state index contributed by atoms with van der Waals surface area (Å²) in [4.78, 5) is 41.0. The summed E-state index contributed by atoms with van der Waals surface area (Å²) >= 11 is 0. The Morgan fingerprint density at radius 2 is 1.88 bits per heavy atom. The number of Topliss-reactive ketones (excluding diaryl/α,β-unsaturated/α-hetero) is 1. The second-order valence-electron chi connectivity index (χ2n) is 10.5.